The highest BCUT2D eigenvalue weighted by Gasteiger charge is 2.41. The third-order valence-corrected chi connectivity index (χ3v) is 12.3. The number of nitrogens with one attached hydrogen (secondary N) is 1. The molecule has 1 aliphatic rings. The summed E-state index contributed by atoms with van der Waals surface area (Å²) in [5.41, 5.74) is 0.954. The SMILES string of the molecule is CC[Si](CC)(CC)OC[C@@H]1N[C@H](C)C[C@@H]1N(Cc1ccc(OC)cc1)S(C)(=O)=O. The average Bonchev–Trinajstić information content (AvgIpc) is 3.07. The Bertz CT molecular complexity index is 729. The van der Waals surface area contributed by atoms with Crippen LogP contribution in [0, 0.1) is 0 Å². The first-order valence-electron chi connectivity index (χ1n) is 10.7. The van der Waals surface area contributed by atoms with E-state index in [4.69, 9.17) is 9.16 Å². The Labute approximate surface area is 178 Å². The first kappa shape index (κ1) is 24.3. The van der Waals surface area contributed by atoms with Crippen LogP contribution in [0.1, 0.15) is 39.7 Å². The molecule has 0 radical (unpaired) electrons. The summed E-state index contributed by atoms with van der Waals surface area (Å²) in [6.45, 7) is 9.70. The Morgan fingerprint density at radius 2 is 1.72 bits per heavy atom. The van der Waals surface area contributed by atoms with Crippen LogP contribution in [0.4, 0.5) is 0 Å². The van der Waals surface area contributed by atoms with Crippen molar-refractivity contribution in [3.8, 4) is 5.75 Å². The van der Waals surface area contributed by atoms with Gasteiger partial charge in [0.15, 0.2) is 8.32 Å². The lowest BCUT2D eigenvalue weighted by Crippen LogP contribution is -2.50. The molecule has 1 fully saturated rings. The maximum atomic E-state index is 12.7. The molecule has 0 spiro atoms. The molecule has 1 saturated heterocycles. The molecule has 1 N–H and O–H groups in total. The third kappa shape index (κ3) is 6.27. The van der Waals surface area contributed by atoms with Crippen LogP contribution in [-0.2, 0) is 21.0 Å². The summed E-state index contributed by atoms with van der Waals surface area (Å²) < 4.78 is 38.8. The number of methoxy groups -OCH3 is 1. The fourth-order valence-electron chi connectivity index (χ4n) is 4.26. The van der Waals surface area contributed by atoms with Gasteiger partial charge in [-0.05, 0) is 49.2 Å². The summed E-state index contributed by atoms with van der Waals surface area (Å²) in [7, 11) is -3.47. The molecule has 29 heavy (non-hydrogen) atoms. The van der Waals surface area contributed by atoms with E-state index in [1.807, 2.05) is 24.3 Å². The van der Waals surface area contributed by atoms with Crippen molar-refractivity contribution >= 4 is 18.3 Å². The van der Waals surface area contributed by atoms with E-state index in [9.17, 15) is 8.42 Å². The molecule has 1 aromatic rings. The molecule has 0 unspecified atom stereocenters. The van der Waals surface area contributed by atoms with Gasteiger partial charge in [0.25, 0.3) is 0 Å². The van der Waals surface area contributed by atoms with Gasteiger partial charge >= 0.3 is 0 Å². The lowest BCUT2D eigenvalue weighted by atomic mass is 10.1. The van der Waals surface area contributed by atoms with Crippen molar-refractivity contribution in [3.05, 3.63) is 29.8 Å². The van der Waals surface area contributed by atoms with Gasteiger partial charge < -0.3 is 14.5 Å². The van der Waals surface area contributed by atoms with E-state index in [2.05, 4.69) is 33.0 Å². The van der Waals surface area contributed by atoms with Crippen molar-refractivity contribution in [3.63, 3.8) is 0 Å². The van der Waals surface area contributed by atoms with Gasteiger partial charge in [-0.1, -0.05) is 32.9 Å². The van der Waals surface area contributed by atoms with Crippen molar-refractivity contribution in [2.24, 2.45) is 0 Å². The quantitative estimate of drug-likeness (QED) is 0.530. The Morgan fingerprint density at radius 1 is 1.14 bits per heavy atom. The van der Waals surface area contributed by atoms with Gasteiger partial charge in [-0.3, -0.25) is 0 Å². The van der Waals surface area contributed by atoms with E-state index in [0.29, 0.717) is 13.2 Å². The first-order valence-corrected chi connectivity index (χ1v) is 15.1. The average molecular weight is 443 g/mol. The smallest absolute Gasteiger partial charge is 0.211 e. The second-order valence-electron chi connectivity index (χ2n) is 8.19. The van der Waals surface area contributed by atoms with Crippen LogP contribution in [0.25, 0.3) is 0 Å². The van der Waals surface area contributed by atoms with Gasteiger partial charge in [0.1, 0.15) is 5.75 Å². The number of nitrogens with zero attached hydrogens (tertiary/aromatic N) is 1. The summed E-state index contributed by atoms with van der Waals surface area (Å²) in [5.74, 6) is 0.766. The Hall–Kier alpha value is -0.933. The van der Waals surface area contributed by atoms with Crippen molar-refractivity contribution < 1.29 is 17.6 Å². The number of hydrogen-bond acceptors (Lipinski definition) is 5. The van der Waals surface area contributed by atoms with Crippen molar-refractivity contribution in [2.45, 2.75) is 76.9 Å². The van der Waals surface area contributed by atoms with Crippen molar-refractivity contribution in [1.29, 1.82) is 0 Å². The van der Waals surface area contributed by atoms with Crippen molar-refractivity contribution in [1.82, 2.24) is 9.62 Å². The lowest BCUT2D eigenvalue weighted by Gasteiger charge is -2.34. The van der Waals surface area contributed by atoms with Gasteiger partial charge in [0.05, 0.1) is 20.0 Å². The monoisotopic (exact) mass is 442 g/mol. The molecule has 0 amide bonds. The molecular weight excluding hydrogens is 404 g/mol. The van der Waals surface area contributed by atoms with Crippen LogP contribution in [0.15, 0.2) is 24.3 Å². The maximum Gasteiger partial charge on any atom is 0.211 e. The molecule has 0 aliphatic carbocycles. The Morgan fingerprint density at radius 3 is 2.21 bits per heavy atom. The van der Waals surface area contributed by atoms with Crippen LogP contribution in [0.5, 0.6) is 5.75 Å². The molecule has 1 aromatic carbocycles. The molecular formula is C21H38N2O4SSi. The van der Waals surface area contributed by atoms with Crippen LogP contribution in [-0.4, -0.2) is 59.1 Å². The number of rotatable bonds is 11. The van der Waals surface area contributed by atoms with Gasteiger partial charge in [-0.25, -0.2) is 8.42 Å². The van der Waals surface area contributed by atoms with E-state index < -0.39 is 18.3 Å². The second kappa shape index (κ2) is 10.4. The summed E-state index contributed by atoms with van der Waals surface area (Å²) >= 11 is 0. The minimum atomic E-state index is -3.37. The summed E-state index contributed by atoms with van der Waals surface area (Å²) in [4.78, 5) is 0. The number of sulfonamides is 1. The standard InChI is InChI=1S/C21H38N2O4SSi/c1-7-29(8-2,9-3)27-16-20-21(14-17(4)22-20)23(28(6,24)25)15-18-10-12-19(26-5)13-11-18/h10-13,17,20-22H,7-9,14-16H2,1-6H3/t17-,20+,21+/m1/s1. The van der Waals surface area contributed by atoms with Gasteiger partial charge in [0, 0.05) is 24.7 Å². The van der Waals surface area contributed by atoms with Crippen LogP contribution in [0.3, 0.4) is 0 Å². The molecule has 2 rings (SSSR count). The number of benzene rings is 1. The van der Waals surface area contributed by atoms with Crippen LogP contribution in [0.2, 0.25) is 18.1 Å². The van der Waals surface area contributed by atoms with Gasteiger partial charge in [0.2, 0.25) is 10.0 Å². The highest BCUT2D eigenvalue weighted by Crippen LogP contribution is 2.28. The molecule has 0 bridgehead atoms. The normalized spacial score (nSPS) is 22.9. The zero-order chi connectivity index (χ0) is 21.7. The minimum absolute atomic E-state index is 0.00879. The first-order chi connectivity index (χ1) is 13.7. The summed E-state index contributed by atoms with van der Waals surface area (Å²) in [5, 5.41) is 3.58. The van der Waals surface area contributed by atoms with Gasteiger partial charge in [-0.2, -0.15) is 4.31 Å². The molecule has 6 nitrogen and oxygen atoms in total. The maximum absolute atomic E-state index is 12.7. The van der Waals surface area contributed by atoms with Crippen molar-refractivity contribution in [2.75, 3.05) is 20.0 Å². The van der Waals surface area contributed by atoms with E-state index in [-0.39, 0.29) is 18.1 Å². The highest BCUT2D eigenvalue weighted by molar-refractivity contribution is 7.88. The fraction of sp³-hybridized carbons (Fsp3) is 0.714. The molecule has 0 saturated carbocycles. The van der Waals surface area contributed by atoms with Gasteiger partial charge in [-0.15, -0.1) is 0 Å². The number of hydrogen-bond donors (Lipinski definition) is 1. The third-order valence-electron chi connectivity index (χ3n) is 6.35. The molecule has 166 valence electrons. The van der Waals surface area contributed by atoms with E-state index in [1.165, 1.54) is 6.26 Å². The molecule has 1 aliphatic heterocycles. The zero-order valence-electron chi connectivity index (χ0n) is 18.8. The Balaban J connectivity index is 2.21. The van der Waals surface area contributed by atoms with Crippen LogP contribution < -0.4 is 10.1 Å². The number of ether oxygens (including phenoxy) is 1. The van der Waals surface area contributed by atoms with E-state index >= 15 is 0 Å². The molecule has 8 heteroatoms. The summed E-state index contributed by atoms with van der Waals surface area (Å²) in [6, 6.07) is 11.0. The molecule has 0 aromatic heterocycles. The van der Waals surface area contributed by atoms with E-state index in [1.54, 1.807) is 11.4 Å². The predicted molar refractivity (Wildman–Crippen MR) is 121 cm³/mol. The minimum Gasteiger partial charge on any atom is -0.497 e. The highest BCUT2D eigenvalue weighted by atomic mass is 32.2. The fourth-order valence-corrected chi connectivity index (χ4v) is 8.02. The van der Waals surface area contributed by atoms with Crippen LogP contribution >= 0.6 is 0 Å². The largest absolute Gasteiger partial charge is 0.497 e. The topological polar surface area (TPSA) is 67.9 Å². The lowest BCUT2D eigenvalue weighted by molar-refractivity contribution is 0.204. The summed E-state index contributed by atoms with van der Waals surface area (Å²) in [6.07, 6.45) is 2.09. The predicted octanol–water partition coefficient (Wildman–Crippen LogP) is 3.60. The Kier molecular flexibility index (Phi) is 8.72. The molecule has 3 atom stereocenters. The molecule has 1 heterocycles. The zero-order valence-corrected chi connectivity index (χ0v) is 20.6. The second-order valence-corrected chi connectivity index (χ2v) is 14.9. The van der Waals surface area contributed by atoms with E-state index in [0.717, 1.165) is 35.9 Å².